The van der Waals surface area contributed by atoms with Crippen LogP contribution in [0, 0.1) is 0 Å². The van der Waals surface area contributed by atoms with E-state index in [-0.39, 0.29) is 18.4 Å². The Bertz CT molecular complexity index is 960. The number of aliphatic carboxylic acids is 1. The van der Waals surface area contributed by atoms with Gasteiger partial charge in [0.15, 0.2) is 0 Å². The Kier molecular flexibility index (Phi) is 9.26. The van der Waals surface area contributed by atoms with E-state index in [9.17, 15) is 14.7 Å². The number of hydrogen-bond acceptors (Lipinski definition) is 4. The molecule has 0 aliphatic carbocycles. The lowest BCUT2D eigenvalue weighted by Gasteiger charge is -2.14. The van der Waals surface area contributed by atoms with Crippen molar-refractivity contribution in [2.75, 3.05) is 7.11 Å². The molecule has 0 aliphatic heterocycles. The van der Waals surface area contributed by atoms with E-state index in [0.717, 1.165) is 16.9 Å². The highest BCUT2D eigenvalue weighted by Gasteiger charge is 2.20. The number of methoxy groups -OCH3 is 1. The minimum Gasteiger partial charge on any atom is -0.497 e. The second-order valence-electron chi connectivity index (χ2n) is 6.99. The third kappa shape index (κ3) is 7.95. The summed E-state index contributed by atoms with van der Waals surface area (Å²) in [6.45, 7) is 1.95. The molecule has 2 unspecified atom stereocenters. The van der Waals surface area contributed by atoms with Crippen molar-refractivity contribution in [2.45, 2.75) is 25.4 Å². The zero-order valence-corrected chi connectivity index (χ0v) is 17.7. The van der Waals surface area contributed by atoms with Crippen LogP contribution < -0.4 is 15.8 Å². The van der Waals surface area contributed by atoms with Crippen LogP contribution in [0.15, 0.2) is 84.9 Å². The maximum absolute atomic E-state index is 12.0. The molecule has 0 spiro atoms. The molecule has 0 saturated heterocycles. The van der Waals surface area contributed by atoms with Gasteiger partial charge >= 0.3 is 5.97 Å². The molecule has 162 valence electrons. The van der Waals surface area contributed by atoms with Gasteiger partial charge in [-0.3, -0.25) is 4.79 Å². The van der Waals surface area contributed by atoms with Gasteiger partial charge < -0.3 is 20.9 Å². The molecule has 0 aromatic heterocycles. The molecule has 31 heavy (non-hydrogen) atoms. The summed E-state index contributed by atoms with van der Waals surface area (Å²) < 4.78 is 5.05. The molecule has 0 bridgehead atoms. The van der Waals surface area contributed by atoms with Gasteiger partial charge in [0.1, 0.15) is 11.8 Å². The van der Waals surface area contributed by atoms with E-state index in [1.54, 1.807) is 37.4 Å². The molecule has 1 amide bonds. The van der Waals surface area contributed by atoms with Crippen LogP contribution in [0.25, 0.3) is 0 Å². The highest BCUT2D eigenvalue weighted by atomic mass is 16.5. The average molecular weight is 421 g/mol. The predicted molar refractivity (Wildman–Crippen MR) is 121 cm³/mol. The van der Waals surface area contributed by atoms with E-state index >= 15 is 0 Å². The summed E-state index contributed by atoms with van der Waals surface area (Å²) in [6.07, 6.45) is 0.259. The normalized spacial score (nSPS) is 12.0. The van der Waals surface area contributed by atoms with Crippen LogP contribution in [0.4, 0.5) is 0 Å². The van der Waals surface area contributed by atoms with E-state index in [1.807, 2.05) is 61.5 Å². The Morgan fingerprint density at radius 3 is 2.13 bits per heavy atom. The zero-order chi connectivity index (χ0) is 22.6. The highest BCUT2D eigenvalue weighted by molar-refractivity contribution is 5.96. The first-order valence-corrected chi connectivity index (χ1v) is 9.93. The van der Waals surface area contributed by atoms with Crippen LogP contribution in [0.2, 0.25) is 0 Å². The van der Waals surface area contributed by atoms with Crippen molar-refractivity contribution >= 4 is 11.9 Å². The lowest BCUT2D eigenvalue weighted by molar-refractivity contribution is -0.139. The average Bonchev–Trinajstić information content (AvgIpc) is 2.80. The standard InChI is InChI=1S/C16H15NO3.C9H13NO/c18-15(13-9-5-2-6-10-13)17-14(16(19)20)11-12-7-3-1-4-8-12;1-7(10)8-4-3-5-9(6-8)11-2/h1-10,14H,11H2,(H,17,18)(H,19,20);3-7H,10H2,1-2H3. The Morgan fingerprint density at radius 2 is 1.58 bits per heavy atom. The minimum absolute atomic E-state index is 0.0742. The number of amides is 1. The van der Waals surface area contributed by atoms with Gasteiger partial charge in [-0.2, -0.15) is 0 Å². The van der Waals surface area contributed by atoms with Crippen molar-refractivity contribution in [3.63, 3.8) is 0 Å². The number of ether oxygens (including phenoxy) is 1. The van der Waals surface area contributed by atoms with Gasteiger partial charge in [0.25, 0.3) is 5.91 Å². The second kappa shape index (κ2) is 12.1. The number of benzene rings is 3. The second-order valence-corrected chi connectivity index (χ2v) is 6.99. The minimum atomic E-state index is -1.04. The van der Waals surface area contributed by atoms with Gasteiger partial charge in [0.2, 0.25) is 0 Å². The smallest absolute Gasteiger partial charge is 0.326 e. The van der Waals surface area contributed by atoms with Crippen LogP contribution >= 0.6 is 0 Å². The molecule has 4 N–H and O–H groups in total. The summed E-state index contributed by atoms with van der Waals surface area (Å²) in [5.41, 5.74) is 8.10. The molecule has 3 aromatic rings. The van der Waals surface area contributed by atoms with Crippen molar-refractivity contribution in [3.05, 3.63) is 102 Å². The molecule has 6 nitrogen and oxygen atoms in total. The van der Waals surface area contributed by atoms with Crippen molar-refractivity contribution in [3.8, 4) is 5.75 Å². The van der Waals surface area contributed by atoms with Gasteiger partial charge in [-0.25, -0.2) is 4.79 Å². The van der Waals surface area contributed by atoms with Gasteiger partial charge in [0, 0.05) is 18.0 Å². The fourth-order valence-electron chi connectivity index (χ4n) is 2.81. The molecular weight excluding hydrogens is 392 g/mol. The quantitative estimate of drug-likeness (QED) is 0.539. The molecular formula is C25H28N2O4. The van der Waals surface area contributed by atoms with E-state index in [0.29, 0.717) is 5.56 Å². The van der Waals surface area contributed by atoms with Crippen molar-refractivity contribution < 1.29 is 19.4 Å². The number of nitrogens with one attached hydrogen (secondary N) is 1. The first-order chi connectivity index (χ1) is 14.9. The monoisotopic (exact) mass is 420 g/mol. The van der Waals surface area contributed by atoms with Gasteiger partial charge in [-0.15, -0.1) is 0 Å². The first-order valence-electron chi connectivity index (χ1n) is 9.93. The Balaban J connectivity index is 0.000000262. The Morgan fingerprint density at radius 1 is 0.968 bits per heavy atom. The number of nitrogens with two attached hydrogens (primary N) is 1. The van der Waals surface area contributed by atoms with Crippen molar-refractivity contribution in [1.29, 1.82) is 0 Å². The third-order valence-corrected chi connectivity index (χ3v) is 4.54. The maximum Gasteiger partial charge on any atom is 0.326 e. The molecule has 2 atom stereocenters. The predicted octanol–water partition coefficient (Wildman–Crippen LogP) is 3.83. The number of carbonyl (C=O) groups is 2. The van der Waals surface area contributed by atoms with E-state index in [4.69, 9.17) is 10.5 Å². The zero-order valence-electron chi connectivity index (χ0n) is 17.7. The summed E-state index contributed by atoms with van der Waals surface area (Å²) in [6, 6.07) is 24.7. The largest absolute Gasteiger partial charge is 0.497 e. The first kappa shape index (κ1) is 23.6. The molecule has 0 heterocycles. The number of carboxylic acids is 1. The fraction of sp³-hybridized carbons (Fsp3) is 0.200. The SMILES string of the molecule is COc1cccc(C(C)N)c1.O=C(NC(Cc1ccccc1)C(=O)O)c1ccccc1. The number of rotatable bonds is 7. The fourth-order valence-corrected chi connectivity index (χ4v) is 2.81. The number of carboxylic acid groups (broad SMARTS) is 1. The van der Waals surface area contributed by atoms with Crippen LogP contribution in [0.3, 0.4) is 0 Å². The van der Waals surface area contributed by atoms with Crippen LogP contribution in [-0.4, -0.2) is 30.1 Å². The van der Waals surface area contributed by atoms with Crippen LogP contribution in [0.5, 0.6) is 5.75 Å². The summed E-state index contributed by atoms with van der Waals surface area (Å²) in [5, 5.41) is 11.8. The molecule has 0 fully saturated rings. The molecule has 0 aliphatic rings. The lowest BCUT2D eigenvalue weighted by Crippen LogP contribution is -2.42. The van der Waals surface area contributed by atoms with Crippen LogP contribution in [0.1, 0.15) is 34.5 Å². The molecule has 3 aromatic carbocycles. The number of hydrogen-bond donors (Lipinski definition) is 3. The highest BCUT2D eigenvalue weighted by Crippen LogP contribution is 2.16. The summed E-state index contributed by atoms with van der Waals surface area (Å²) in [5.74, 6) is -0.563. The van der Waals surface area contributed by atoms with E-state index < -0.39 is 12.0 Å². The van der Waals surface area contributed by atoms with Crippen molar-refractivity contribution in [2.24, 2.45) is 5.73 Å². The third-order valence-electron chi connectivity index (χ3n) is 4.54. The lowest BCUT2D eigenvalue weighted by atomic mass is 10.1. The van der Waals surface area contributed by atoms with Gasteiger partial charge in [-0.1, -0.05) is 60.7 Å². The molecule has 6 heteroatoms. The Hall–Kier alpha value is -3.64. The Labute approximate surface area is 182 Å². The molecule has 0 saturated carbocycles. The van der Waals surface area contributed by atoms with E-state index in [1.165, 1.54) is 0 Å². The van der Waals surface area contributed by atoms with E-state index in [2.05, 4.69) is 5.32 Å². The molecule has 3 rings (SSSR count). The number of carbonyl (C=O) groups excluding carboxylic acids is 1. The topological polar surface area (TPSA) is 102 Å². The summed E-state index contributed by atoms with van der Waals surface area (Å²) in [7, 11) is 1.65. The van der Waals surface area contributed by atoms with Gasteiger partial charge in [0.05, 0.1) is 7.11 Å². The summed E-state index contributed by atoms with van der Waals surface area (Å²) in [4.78, 5) is 23.2. The van der Waals surface area contributed by atoms with Crippen molar-refractivity contribution in [1.82, 2.24) is 5.32 Å². The van der Waals surface area contributed by atoms with Gasteiger partial charge in [-0.05, 0) is 42.3 Å². The molecule has 0 radical (unpaired) electrons. The van der Waals surface area contributed by atoms with Crippen LogP contribution in [-0.2, 0) is 11.2 Å². The summed E-state index contributed by atoms with van der Waals surface area (Å²) >= 11 is 0. The maximum atomic E-state index is 12.0.